The van der Waals surface area contributed by atoms with Gasteiger partial charge in [0.15, 0.2) is 0 Å². The lowest BCUT2D eigenvalue weighted by molar-refractivity contribution is 0.0535. The maximum atomic E-state index is 13.4. The highest BCUT2D eigenvalue weighted by atomic mass is 35.5. The summed E-state index contributed by atoms with van der Waals surface area (Å²) in [5.74, 6) is -1.09. The van der Waals surface area contributed by atoms with Crippen LogP contribution >= 0.6 is 11.6 Å². The molecule has 0 radical (unpaired) electrons. The molecule has 10 heteroatoms. The summed E-state index contributed by atoms with van der Waals surface area (Å²) >= 11 is 6.21. The number of rotatable bonds is 4. The third-order valence-corrected chi connectivity index (χ3v) is 8.42. The second-order valence-corrected chi connectivity index (χ2v) is 10.5. The molecule has 2 aliphatic rings. The standard InChI is InChI=1S/C23H25ClFN3O4S/c24-20-8-7-18(16-21(20)33(31,32)28-9-2-1-3-10-28)23(30)27-13-11-26(12-14-27)22(29)17-5-4-6-19(25)15-17/h4-8,15-16H,1-3,9-14H2. The first-order valence-corrected chi connectivity index (χ1v) is 12.7. The minimum atomic E-state index is -3.79. The van der Waals surface area contributed by atoms with Gasteiger partial charge in [0.05, 0.1) is 5.02 Å². The molecule has 7 nitrogen and oxygen atoms in total. The van der Waals surface area contributed by atoms with E-state index in [9.17, 15) is 22.4 Å². The van der Waals surface area contributed by atoms with Gasteiger partial charge in [-0.25, -0.2) is 12.8 Å². The molecular weight excluding hydrogens is 469 g/mol. The molecule has 0 aliphatic carbocycles. The Morgan fingerprint density at radius 2 is 1.36 bits per heavy atom. The Balaban J connectivity index is 1.46. The van der Waals surface area contributed by atoms with Gasteiger partial charge in [0.25, 0.3) is 11.8 Å². The molecule has 2 fully saturated rings. The van der Waals surface area contributed by atoms with Crippen molar-refractivity contribution in [3.8, 4) is 0 Å². The monoisotopic (exact) mass is 493 g/mol. The van der Waals surface area contributed by atoms with E-state index < -0.39 is 15.8 Å². The highest BCUT2D eigenvalue weighted by molar-refractivity contribution is 7.89. The average molecular weight is 494 g/mol. The highest BCUT2D eigenvalue weighted by Gasteiger charge is 2.30. The van der Waals surface area contributed by atoms with Crippen LogP contribution in [0.3, 0.4) is 0 Å². The average Bonchev–Trinajstić information content (AvgIpc) is 2.84. The van der Waals surface area contributed by atoms with Crippen LogP contribution in [0.1, 0.15) is 40.0 Å². The van der Waals surface area contributed by atoms with E-state index in [1.165, 1.54) is 40.7 Å². The minimum absolute atomic E-state index is 0.0585. The molecule has 2 aliphatic heterocycles. The quantitative estimate of drug-likeness (QED) is 0.655. The Kier molecular flexibility index (Phi) is 7.02. The molecule has 0 unspecified atom stereocenters. The van der Waals surface area contributed by atoms with Gasteiger partial charge >= 0.3 is 0 Å². The number of piperidine rings is 1. The van der Waals surface area contributed by atoms with Crippen molar-refractivity contribution < 1.29 is 22.4 Å². The summed E-state index contributed by atoms with van der Waals surface area (Å²) in [5.41, 5.74) is 0.500. The number of carbonyl (C=O) groups is 2. The fourth-order valence-corrected chi connectivity index (χ4v) is 6.20. The Hall–Kier alpha value is -2.49. The topological polar surface area (TPSA) is 78.0 Å². The molecule has 33 heavy (non-hydrogen) atoms. The van der Waals surface area contributed by atoms with Crippen molar-refractivity contribution in [2.24, 2.45) is 0 Å². The first kappa shape index (κ1) is 23.7. The van der Waals surface area contributed by atoms with Gasteiger partial charge in [-0.2, -0.15) is 4.31 Å². The molecule has 176 valence electrons. The van der Waals surface area contributed by atoms with Crippen LogP contribution in [0.5, 0.6) is 0 Å². The maximum Gasteiger partial charge on any atom is 0.254 e. The minimum Gasteiger partial charge on any atom is -0.335 e. The van der Waals surface area contributed by atoms with Crippen molar-refractivity contribution >= 4 is 33.4 Å². The van der Waals surface area contributed by atoms with Crippen molar-refractivity contribution in [2.75, 3.05) is 39.3 Å². The summed E-state index contributed by atoms with van der Waals surface area (Å²) in [6.45, 7) is 2.06. The number of carbonyl (C=O) groups excluding carboxylic acids is 2. The summed E-state index contributed by atoms with van der Waals surface area (Å²) < 4.78 is 41.0. The fraction of sp³-hybridized carbons (Fsp3) is 0.391. The van der Waals surface area contributed by atoms with E-state index in [1.54, 1.807) is 15.9 Å². The first-order valence-electron chi connectivity index (χ1n) is 10.9. The molecular formula is C23H25ClFN3O4S. The van der Waals surface area contributed by atoms with E-state index in [0.717, 1.165) is 19.3 Å². The Morgan fingerprint density at radius 3 is 1.94 bits per heavy atom. The van der Waals surface area contributed by atoms with Crippen LogP contribution in [-0.4, -0.2) is 73.6 Å². The van der Waals surface area contributed by atoms with Gasteiger partial charge in [0, 0.05) is 50.4 Å². The molecule has 0 spiro atoms. The molecule has 0 aromatic heterocycles. The maximum absolute atomic E-state index is 13.4. The zero-order chi connectivity index (χ0) is 23.6. The van der Waals surface area contributed by atoms with E-state index >= 15 is 0 Å². The van der Waals surface area contributed by atoms with Crippen LogP contribution in [0.4, 0.5) is 4.39 Å². The number of halogens is 2. The van der Waals surface area contributed by atoms with Crippen LogP contribution in [0.2, 0.25) is 5.02 Å². The van der Waals surface area contributed by atoms with Gasteiger partial charge in [-0.05, 0) is 49.2 Å². The number of hydrogen-bond donors (Lipinski definition) is 0. The van der Waals surface area contributed by atoms with Gasteiger partial charge in [0.1, 0.15) is 10.7 Å². The van der Waals surface area contributed by atoms with Crippen LogP contribution < -0.4 is 0 Å². The lowest BCUT2D eigenvalue weighted by atomic mass is 10.1. The van der Waals surface area contributed by atoms with Gasteiger partial charge in [-0.1, -0.05) is 24.1 Å². The van der Waals surface area contributed by atoms with E-state index in [0.29, 0.717) is 26.2 Å². The Bertz CT molecular complexity index is 1160. The number of hydrogen-bond acceptors (Lipinski definition) is 4. The molecule has 2 aromatic carbocycles. The summed E-state index contributed by atoms with van der Waals surface area (Å²) in [6, 6.07) is 9.81. The molecule has 0 atom stereocenters. The van der Waals surface area contributed by atoms with Crippen LogP contribution in [-0.2, 0) is 10.0 Å². The Labute approximate surface area is 197 Å². The smallest absolute Gasteiger partial charge is 0.254 e. The van der Waals surface area contributed by atoms with Crippen LogP contribution in [0.15, 0.2) is 47.4 Å². The summed E-state index contributed by atoms with van der Waals surface area (Å²) in [4.78, 5) is 28.8. The zero-order valence-electron chi connectivity index (χ0n) is 18.0. The normalized spacial score (nSPS) is 17.8. The lowest BCUT2D eigenvalue weighted by Gasteiger charge is -2.35. The first-order chi connectivity index (χ1) is 15.8. The molecule has 0 saturated carbocycles. The van der Waals surface area contributed by atoms with Crippen molar-refractivity contribution in [1.29, 1.82) is 0 Å². The molecule has 0 N–H and O–H groups in total. The fourth-order valence-electron chi connectivity index (χ4n) is 4.18. The summed E-state index contributed by atoms with van der Waals surface area (Å²) in [6.07, 6.45) is 2.59. The lowest BCUT2D eigenvalue weighted by Crippen LogP contribution is -2.50. The number of piperazine rings is 1. The molecule has 4 rings (SSSR count). The van der Waals surface area contributed by atoms with Crippen molar-refractivity contribution in [3.05, 3.63) is 64.4 Å². The van der Waals surface area contributed by atoms with Crippen molar-refractivity contribution in [2.45, 2.75) is 24.2 Å². The van der Waals surface area contributed by atoms with Crippen molar-refractivity contribution in [3.63, 3.8) is 0 Å². The second kappa shape index (κ2) is 9.79. The van der Waals surface area contributed by atoms with Crippen LogP contribution in [0, 0.1) is 5.82 Å². The van der Waals surface area contributed by atoms with E-state index in [4.69, 9.17) is 11.6 Å². The van der Waals surface area contributed by atoms with E-state index in [2.05, 4.69) is 0 Å². The number of nitrogens with zero attached hydrogens (tertiary/aromatic N) is 3. The Morgan fingerprint density at radius 1 is 0.788 bits per heavy atom. The molecule has 2 aromatic rings. The summed E-state index contributed by atoms with van der Waals surface area (Å²) in [5, 5.41) is 0.0858. The largest absolute Gasteiger partial charge is 0.335 e. The van der Waals surface area contributed by atoms with Gasteiger partial charge in [0.2, 0.25) is 10.0 Å². The number of benzene rings is 2. The molecule has 0 bridgehead atoms. The number of amides is 2. The zero-order valence-corrected chi connectivity index (χ0v) is 19.6. The number of sulfonamides is 1. The third kappa shape index (κ3) is 5.05. The van der Waals surface area contributed by atoms with E-state index in [1.807, 2.05) is 0 Å². The second-order valence-electron chi connectivity index (χ2n) is 8.20. The summed E-state index contributed by atoms with van der Waals surface area (Å²) in [7, 11) is -3.79. The molecule has 2 amide bonds. The van der Waals surface area contributed by atoms with Gasteiger partial charge < -0.3 is 9.80 Å². The molecule has 2 heterocycles. The predicted molar refractivity (Wildman–Crippen MR) is 122 cm³/mol. The highest BCUT2D eigenvalue weighted by Crippen LogP contribution is 2.28. The van der Waals surface area contributed by atoms with Crippen molar-refractivity contribution in [1.82, 2.24) is 14.1 Å². The SMILES string of the molecule is O=C(c1cccc(F)c1)N1CCN(C(=O)c2ccc(Cl)c(S(=O)(=O)N3CCCCC3)c2)CC1. The van der Waals surface area contributed by atoms with Gasteiger partial charge in [-0.3, -0.25) is 9.59 Å². The molecule has 2 saturated heterocycles. The van der Waals surface area contributed by atoms with E-state index in [-0.39, 0.29) is 45.9 Å². The van der Waals surface area contributed by atoms with Gasteiger partial charge in [-0.15, -0.1) is 0 Å². The third-order valence-electron chi connectivity index (χ3n) is 6.04. The van der Waals surface area contributed by atoms with Crippen LogP contribution in [0.25, 0.3) is 0 Å². The predicted octanol–water partition coefficient (Wildman–Crippen LogP) is 3.25.